The first-order chi connectivity index (χ1) is 13.2. The summed E-state index contributed by atoms with van der Waals surface area (Å²) in [6.45, 7) is 2.29. The van der Waals surface area contributed by atoms with Crippen LogP contribution in [-0.4, -0.2) is 31.2 Å². The summed E-state index contributed by atoms with van der Waals surface area (Å²) in [7, 11) is 5.59. The Bertz CT molecular complexity index is 477. The fourth-order valence-electron chi connectivity index (χ4n) is 3.39. The molecular weight excluding hydrogens is 334 g/mol. The highest BCUT2D eigenvalue weighted by atomic mass is 16.5. The fourth-order valence-corrected chi connectivity index (χ4v) is 3.39. The molecule has 0 spiro atoms. The second kappa shape index (κ2) is 15.7. The van der Waals surface area contributed by atoms with Gasteiger partial charge in [-0.15, -0.1) is 0 Å². The van der Waals surface area contributed by atoms with Crippen molar-refractivity contribution in [3.8, 4) is 5.88 Å². The number of unbranched alkanes of at least 4 members (excludes halogenated alkanes) is 13. The van der Waals surface area contributed by atoms with Crippen LogP contribution in [0, 0.1) is 0 Å². The van der Waals surface area contributed by atoms with Gasteiger partial charge in [0, 0.05) is 25.9 Å². The predicted molar refractivity (Wildman–Crippen MR) is 117 cm³/mol. The highest BCUT2D eigenvalue weighted by Gasteiger charge is 2.06. The largest absolute Gasteiger partial charge is 0.481 e. The van der Waals surface area contributed by atoms with Crippen LogP contribution >= 0.6 is 0 Å². The lowest BCUT2D eigenvalue weighted by Gasteiger charge is -2.12. The Morgan fingerprint density at radius 3 is 1.67 bits per heavy atom. The highest BCUT2D eigenvalue weighted by Crippen LogP contribution is 2.17. The normalized spacial score (nSPS) is 11.0. The molecule has 0 atom stereocenters. The van der Waals surface area contributed by atoms with Gasteiger partial charge in [0.1, 0.15) is 0 Å². The van der Waals surface area contributed by atoms with Crippen LogP contribution in [0.1, 0.15) is 103 Å². The molecule has 0 saturated carbocycles. The third-order valence-corrected chi connectivity index (χ3v) is 5.14. The number of hydrogen-bond donors (Lipinski definition) is 0. The molecule has 0 fully saturated rings. The van der Waals surface area contributed by atoms with Gasteiger partial charge < -0.3 is 9.64 Å². The topological polar surface area (TPSA) is 38.2 Å². The maximum atomic E-state index is 5.29. The summed E-state index contributed by atoms with van der Waals surface area (Å²) < 4.78 is 5.29. The summed E-state index contributed by atoms with van der Waals surface area (Å²) in [4.78, 5) is 10.9. The molecule has 4 heteroatoms. The number of hydrogen-bond acceptors (Lipinski definition) is 4. The molecule has 0 unspecified atom stereocenters. The van der Waals surface area contributed by atoms with Crippen molar-refractivity contribution in [2.45, 2.75) is 103 Å². The van der Waals surface area contributed by atoms with Crippen molar-refractivity contribution in [2.75, 3.05) is 26.1 Å². The Balaban J connectivity index is 1.99. The van der Waals surface area contributed by atoms with Crippen molar-refractivity contribution in [1.29, 1.82) is 0 Å². The minimum Gasteiger partial charge on any atom is -0.481 e. The first-order valence-electron chi connectivity index (χ1n) is 11.3. The van der Waals surface area contributed by atoms with Crippen LogP contribution in [0.3, 0.4) is 0 Å². The van der Waals surface area contributed by atoms with E-state index in [4.69, 9.17) is 4.74 Å². The average Bonchev–Trinajstić information content (AvgIpc) is 2.67. The number of aromatic nitrogens is 2. The Kier molecular flexibility index (Phi) is 13.8. The third kappa shape index (κ3) is 11.9. The Hall–Kier alpha value is -1.32. The van der Waals surface area contributed by atoms with Gasteiger partial charge in [-0.25, -0.2) is 4.98 Å². The number of ether oxygens (including phenoxy) is 1. The zero-order valence-corrected chi connectivity index (χ0v) is 18.4. The second-order valence-corrected chi connectivity index (χ2v) is 7.94. The molecule has 0 radical (unpaired) electrons. The second-order valence-electron chi connectivity index (χ2n) is 7.94. The van der Waals surface area contributed by atoms with Crippen LogP contribution in [0.5, 0.6) is 5.88 Å². The Morgan fingerprint density at radius 1 is 0.741 bits per heavy atom. The van der Waals surface area contributed by atoms with Crippen LogP contribution < -0.4 is 9.64 Å². The van der Waals surface area contributed by atoms with Gasteiger partial charge in [-0.05, 0) is 12.8 Å². The first-order valence-corrected chi connectivity index (χ1v) is 11.3. The minimum atomic E-state index is 0.661. The number of methoxy groups -OCH3 is 1. The lowest BCUT2D eigenvalue weighted by atomic mass is 10.0. The summed E-state index contributed by atoms with van der Waals surface area (Å²) in [5.41, 5.74) is 1.09. The van der Waals surface area contributed by atoms with Crippen molar-refractivity contribution < 1.29 is 4.74 Å². The molecule has 0 aliphatic carbocycles. The van der Waals surface area contributed by atoms with Crippen molar-refractivity contribution in [2.24, 2.45) is 0 Å². The number of aryl methyl sites for hydroxylation is 1. The van der Waals surface area contributed by atoms with E-state index >= 15 is 0 Å². The molecule has 1 aromatic heterocycles. The standard InChI is InChI=1S/C23H43N3O/c1-5-6-7-8-9-10-11-12-13-14-15-16-17-18-19-21-20-22(27-4)25-23(24-21)26(2)3/h20H,5-19H2,1-4H3. The zero-order valence-electron chi connectivity index (χ0n) is 18.4. The molecule has 0 aliphatic rings. The van der Waals surface area contributed by atoms with Crippen molar-refractivity contribution in [3.05, 3.63) is 11.8 Å². The first kappa shape index (κ1) is 23.7. The number of nitrogens with zero attached hydrogens (tertiary/aromatic N) is 3. The molecule has 0 amide bonds. The van der Waals surface area contributed by atoms with Crippen LogP contribution in [0.25, 0.3) is 0 Å². The van der Waals surface area contributed by atoms with E-state index in [1.54, 1.807) is 7.11 Å². The maximum absolute atomic E-state index is 5.29. The molecule has 156 valence electrons. The van der Waals surface area contributed by atoms with Gasteiger partial charge in [-0.3, -0.25) is 0 Å². The highest BCUT2D eigenvalue weighted by molar-refractivity contribution is 5.32. The van der Waals surface area contributed by atoms with Gasteiger partial charge in [0.2, 0.25) is 11.8 Å². The van der Waals surface area contributed by atoms with Gasteiger partial charge in [-0.1, -0.05) is 90.4 Å². The fraction of sp³-hybridized carbons (Fsp3) is 0.826. The summed E-state index contributed by atoms with van der Waals surface area (Å²) in [5, 5.41) is 0. The predicted octanol–water partition coefficient (Wildman–Crippen LogP) is 6.58. The molecule has 1 heterocycles. The molecule has 4 nitrogen and oxygen atoms in total. The van der Waals surface area contributed by atoms with Crippen molar-refractivity contribution in [1.82, 2.24) is 9.97 Å². The molecule has 0 N–H and O–H groups in total. The van der Waals surface area contributed by atoms with Crippen LogP contribution in [-0.2, 0) is 6.42 Å². The van der Waals surface area contributed by atoms with E-state index in [9.17, 15) is 0 Å². The number of anilines is 1. The van der Waals surface area contributed by atoms with Crippen molar-refractivity contribution in [3.63, 3.8) is 0 Å². The van der Waals surface area contributed by atoms with E-state index in [1.165, 1.54) is 89.9 Å². The van der Waals surface area contributed by atoms with E-state index in [-0.39, 0.29) is 0 Å². The lowest BCUT2D eigenvalue weighted by molar-refractivity contribution is 0.396. The van der Waals surface area contributed by atoms with Crippen LogP contribution in [0.2, 0.25) is 0 Å². The zero-order chi connectivity index (χ0) is 19.7. The van der Waals surface area contributed by atoms with Gasteiger partial charge in [-0.2, -0.15) is 4.98 Å². The van der Waals surface area contributed by atoms with Gasteiger partial charge in [0.25, 0.3) is 0 Å². The average molecular weight is 378 g/mol. The molecule has 27 heavy (non-hydrogen) atoms. The smallest absolute Gasteiger partial charge is 0.228 e. The summed E-state index contributed by atoms with van der Waals surface area (Å²) in [6.07, 6.45) is 20.5. The Morgan fingerprint density at radius 2 is 1.22 bits per heavy atom. The monoisotopic (exact) mass is 377 g/mol. The van der Waals surface area contributed by atoms with E-state index < -0.39 is 0 Å². The third-order valence-electron chi connectivity index (χ3n) is 5.14. The van der Waals surface area contributed by atoms with Crippen LogP contribution in [0.4, 0.5) is 5.95 Å². The minimum absolute atomic E-state index is 0.661. The van der Waals surface area contributed by atoms with E-state index in [2.05, 4.69) is 16.9 Å². The van der Waals surface area contributed by atoms with E-state index in [0.29, 0.717) is 5.88 Å². The van der Waals surface area contributed by atoms with E-state index in [1.807, 2.05) is 25.1 Å². The lowest BCUT2D eigenvalue weighted by Crippen LogP contribution is -2.14. The van der Waals surface area contributed by atoms with Crippen LogP contribution in [0.15, 0.2) is 6.07 Å². The van der Waals surface area contributed by atoms with Gasteiger partial charge in [0.05, 0.1) is 7.11 Å². The molecule has 1 aromatic rings. The summed E-state index contributed by atoms with van der Waals surface area (Å²) in [5.74, 6) is 1.39. The van der Waals surface area contributed by atoms with Gasteiger partial charge in [0.15, 0.2) is 0 Å². The quantitative estimate of drug-likeness (QED) is 0.288. The SMILES string of the molecule is CCCCCCCCCCCCCCCCc1cc(OC)nc(N(C)C)n1. The Labute approximate surface area is 168 Å². The molecule has 0 aliphatic heterocycles. The molecule has 0 saturated heterocycles. The summed E-state index contributed by atoms with van der Waals surface area (Å²) >= 11 is 0. The molecule has 0 bridgehead atoms. The molecule has 0 aromatic carbocycles. The number of rotatable bonds is 17. The maximum Gasteiger partial charge on any atom is 0.228 e. The summed E-state index contributed by atoms with van der Waals surface area (Å²) in [6, 6.07) is 1.97. The molecule has 1 rings (SSSR count). The van der Waals surface area contributed by atoms with E-state index in [0.717, 1.165) is 18.1 Å². The van der Waals surface area contributed by atoms with Crippen molar-refractivity contribution >= 4 is 5.95 Å². The van der Waals surface area contributed by atoms with Gasteiger partial charge >= 0.3 is 0 Å². The molecular formula is C23H43N3O.